The highest BCUT2D eigenvalue weighted by atomic mass is 35.5. The van der Waals surface area contributed by atoms with E-state index in [-0.39, 0.29) is 12.4 Å². The van der Waals surface area contributed by atoms with Crippen molar-refractivity contribution in [1.82, 2.24) is 10.3 Å². The lowest BCUT2D eigenvalue weighted by Gasteiger charge is -2.22. The predicted octanol–water partition coefficient (Wildman–Crippen LogP) is 3.04. The van der Waals surface area contributed by atoms with E-state index in [0.717, 1.165) is 30.8 Å². The van der Waals surface area contributed by atoms with E-state index in [1.807, 2.05) is 24.5 Å². The first-order valence-corrected chi connectivity index (χ1v) is 6.59. The number of nitrogens with one attached hydrogen (secondary N) is 1. The van der Waals surface area contributed by atoms with Crippen molar-refractivity contribution in [2.45, 2.75) is 12.8 Å². The van der Waals surface area contributed by atoms with E-state index in [1.165, 1.54) is 18.2 Å². The molecule has 0 saturated carbocycles. The van der Waals surface area contributed by atoms with Gasteiger partial charge in [0.2, 0.25) is 0 Å². The second-order valence-electron chi connectivity index (χ2n) is 4.89. The van der Waals surface area contributed by atoms with Crippen LogP contribution >= 0.6 is 12.4 Å². The number of benzene rings is 1. The quantitative estimate of drug-likeness (QED) is 0.937. The van der Waals surface area contributed by atoms with E-state index >= 15 is 0 Å². The zero-order valence-corrected chi connectivity index (χ0v) is 11.7. The SMILES string of the molecule is Cl.c1cc2cc(OCC3CCNCC3)ccc2cn1. The van der Waals surface area contributed by atoms with Crippen molar-refractivity contribution < 1.29 is 4.74 Å². The summed E-state index contributed by atoms with van der Waals surface area (Å²) in [7, 11) is 0. The van der Waals surface area contributed by atoms with Gasteiger partial charge in [-0.3, -0.25) is 4.98 Å². The van der Waals surface area contributed by atoms with E-state index < -0.39 is 0 Å². The van der Waals surface area contributed by atoms with Crippen molar-refractivity contribution >= 4 is 23.2 Å². The molecule has 0 spiro atoms. The van der Waals surface area contributed by atoms with Crippen LogP contribution in [-0.4, -0.2) is 24.7 Å². The van der Waals surface area contributed by atoms with Gasteiger partial charge in [-0.05, 0) is 61.5 Å². The van der Waals surface area contributed by atoms with Gasteiger partial charge in [0.25, 0.3) is 0 Å². The normalized spacial score (nSPS) is 16.0. The Bertz CT molecular complexity index is 526. The van der Waals surface area contributed by atoms with Gasteiger partial charge in [0.15, 0.2) is 0 Å². The summed E-state index contributed by atoms with van der Waals surface area (Å²) < 4.78 is 5.91. The van der Waals surface area contributed by atoms with Gasteiger partial charge in [-0.2, -0.15) is 0 Å². The molecule has 0 unspecified atom stereocenters. The van der Waals surface area contributed by atoms with Crippen LogP contribution in [0.3, 0.4) is 0 Å². The monoisotopic (exact) mass is 278 g/mol. The third-order valence-corrected chi connectivity index (χ3v) is 3.56. The van der Waals surface area contributed by atoms with Crippen molar-refractivity contribution in [2.75, 3.05) is 19.7 Å². The first-order chi connectivity index (χ1) is 8.92. The Hall–Kier alpha value is -1.32. The molecular formula is C15H19ClN2O. The molecule has 0 radical (unpaired) electrons. The lowest BCUT2D eigenvalue weighted by Crippen LogP contribution is -2.30. The Morgan fingerprint density at radius 1 is 1.16 bits per heavy atom. The zero-order valence-electron chi connectivity index (χ0n) is 10.8. The first-order valence-electron chi connectivity index (χ1n) is 6.59. The molecule has 1 aliphatic heterocycles. The second-order valence-corrected chi connectivity index (χ2v) is 4.89. The lowest BCUT2D eigenvalue weighted by atomic mass is 9.99. The van der Waals surface area contributed by atoms with E-state index in [9.17, 15) is 0 Å². The summed E-state index contributed by atoms with van der Waals surface area (Å²) in [4.78, 5) is 4.11. The maximum atomic E-state index is 5.91. The van der Waals surface area contributed by atoms with Crippen LogP contribution in [0.15, 0.2) is 36.7 Å². The average Bonchev–Trinajstić information content (AvgIpc) is 2.46. The highest BCUT2D eigenvalue weighted by Crippen LogP contribution is 2.21. The molecule has 1 saturated heterocycles. The molecule has 2 aromatic rings. The van der Waals surface area contributed by atoms with Gasteiger partial charge in [0.1, 0.15) is 5.75 Å². The van der Waals surface area contributed by atoms with Crippen LogP contribution in [0.1, 0.15) is 12.8 Å². The molecule has 1 aromatic heterocycles. The van der Waals surface area contributed by atoms with Crippen molar-refractivity contribution in [3.05, 3.63) is 36.7 Å². The summed E-state index contributed by atoms with van der Waals surface area (Å²) in [6.45, 7) is 3.08. The summed E-state index contributed by atoms with van der Waals surface area (Å²) >= 11 is 0. The third kappa shape index (κ3) is 3.58. The third-order valence-electron chi connectivity index (χ3n) is 3.56. The number of ether oxygens (including phenoxy) is 1. The van der Waals surface area contributed by atoms with Gasteiger partial charge in [-0.25, -0.2) is 0 Å². The summed E-state index contributed by atoms with van der Waals surface area (Å²) in [6.07, 6.45) is 6.14. The van der Waals surface area contributed by atoms with E-state index in [1.54, 1.807) is 0 Å². The summed E-state index contributed by atoms with van der Waals surface area (Å²) in [5.74, 6) is 1.66. The molecule has 2 heterocycles. The Balaban J connectivity index is 0.00000133. The van der Waals surface area contributed by atoms with Gasteiger partial charge in [0, 0.05) is 17.8 Å². The highest BCUT2D eigenvalue weighted by Gasteiger charge is 2.13. The van der Waals surface area contributed by atoms with Gasteiger partial charge in [-0.15, -0.1) is 12.4 Å². The molecule has 3 nitrogen and oxygen atoms in total. The van der Waals surface area contributed by atoms with Crippen LogP contribution < -0.4 is 10.1 Å². The van der Waals surface area contributed by atoms with Gasteiger partial charge < -0.3 is 10.1 Å². The van der Waals surface area contributed by atoms with Crippen molar-refractivity contribution in [1.29, 1.82) is 0 Å². The number of halogens is 1. The fraction of sp³-hybridized carbons (Fsp3) is 0.400. The minimum absolute atomic E-state index is 0. The molecule has 1 fully saturated rings. The van der Waals surface area contributed by atoms with E-state index in [4.69, 9.17) is 4.74 Å². The number of aromatic nitrogens is 1. The standard InChI is InChI=1S/C15H18N2O.ClH/c1-2-15(9-13-5-8-17-10-14(1)13)18-11-12-3-6-16-7-4-12;/h1-2,5,8-10,12,16H,3-4,6-7,11H2;1H. The fourth-order valence-corrected chi connectivity index (χ4v) is 2.41. The highest BCUT2D eigenvalue weighted by molar-refractivity contribution is 5.85. The number of rotatable bonds is 3. The largest absolute Gasteiger partial charge is 0.493 e. The zero-order chi connectivity index (χ0) is 12.2. The number of nitrogens with zero attached hydrogens (tertiary/aromatic N) is 1. The van der Waals surface area contributed by atoms with Crippen LogP contribution in [-0.2, 0) is 0 Å². The molecule has 19 heavy (non-hydrogen) atoms. The number of pyridine rings is 1. The molecule has 0 aliphatic carbocycles. The molecule has 3 rings (SSSR count). The molecule has 0 amide bonds. The van der Waals surface area contributed by atoms with Crippen LogP contribution in [0.4, 0.5) is 0 Å². The van der Waals surface area contributed by atoms with E-state index in [0.29, 0.717) is 5.92 Å². The molecule has 1 aromatic carbocycles. The fourth-order valence-electron chi connectivity index (χ4n) is 2.41. The maximum absolute atomic E-state index is 5.91. The number of piperidine rings is 1. The summed E-state index contributed by atoms with van der Waals surface area (Å²) in [6, 6.07) is 8.22. The van der Waals surface area contributed by atoms with Crippen molar-refractivity contribution in [3.8, 4) is 5.75 Å². The smallest absolute Gasteiger partial charge is 0.119 e. The van der Waals surface area contributed by atoms with Gasteiger partial charge in [0.05, 0.1) is 6.61 Å². The van der Waals surface area contributed by atoms with Crippen LogP contribution in [0, 0.1) is 5.92 Å². The van der Waals surface area contributed by atoms with Gasteiger partial charge >= 0.3 is 0 Å². The molecule has 4 heteroatoms. The number of hydrogen-bond donors (Lipinski definition) is 1. The summed E-state index contributed by atoms with van der Waals surface area (Å²) in [5, 5.41) is 5.72. The van der Waals surface area contributed by atoms with Crippen molar-refractivity contribution in [3.63, 3.8) is 0 Å². The Morgan fingerprint density at radius 3 is 2.84 bits per heavy atom. The first kappa shape index (κ1) is 14.1. The minimum Gasteiger partial charge on any atom is -0.493 e. The predicted molar refractivity (Wildman–Crippen MR) is 80.1 cm³/mol. The van der Waals surface area contributed by atoms with E-state index in [2.05, 4.69) is 22.4 Å². The molecule has 0 atom stereocenters. The Kier molecular flexibility index (Phi) is 5.00. The van der Waals surface area contributed by atoms with Crippen LogP contribution in [0.2, 0.25) is 0 Å². The number of fused-ring (bicyclic) bond motifs is 1. The molecular weight excluding hydrogens is 260 g/mol. The average molecular weight is 279 g/mol. The van der Waals surface area contributed by atoms with Crippen LogP contribution in [0.5, 0.6) is 5.75 Å². The van der Waals surface area contributed by atoms with Gasteiger partial charge in [-0.1, -0.05) is 0 Å². The molecule has 1 N–H and O–H groups in total. The molecule has 102 valence electrons. The van der Waals surface area contributed by atoms with Crippen molar-refractivity contribution in [2.24, 2.45) is 5.92 Å². The molecule has 1 aliphatic rings. The maximum Gasteiger partial charge on any atom is 0.119 e. The number of hydrogen-bond acceptors (Lipinski definition) is 3. The molecule has 0 bridgehead atoms. The minimum atomic E-state index is 0. The Labute approximate surface area is 119 Å². The van der Waals surface area contributed by atoms with Crippen LogP contribution in [0.25, 0.3) is 10.8 Å². The Morgan fingerprint density at radius 2 is 2.00 bits per heavy atom. The second kappa shape index (κ2) is 6.73. The lowest BCUT2D eigenvalue weighted by molar-refractivity contribution is 0.215. The topological polar surface area (TPSA) is 34.1 Å². The summed E-state index contributed by atoms with van der Waals surface area (Å²) in [5.41, 5.74) is 0.